The van der Waals surface area contributed by atoms with Gasteiger partial charge in [0.1, 0.15) is 0 Å². The number of rotatable bonds is 3. The Morgan fingerprint density at radius 3 is 2.40 bits per heavy atom. The molecule has 1 atom stereocenters. The van der Waals surface area contributed by atoms with Gasteiger partial charge in [-0.2, -0.15) is 0 Å². The third-order valence-corrected chi connectivity index (χ3v) is 4.26. The van der Waals surface area contributed by atoms with E-state index in [-0.39, 0.29) is 5.92 Å². The molecule has 0 aliphatic heterocycles. The lowest BCUT2D eigenvalue weighted by atomic mass is 9.73. The molecule has 106 valence electrons. The second kappa shape index (κ2) is 5.37. The first kappa shape index (κ1) is 13.3. The normalized spacial score (nSPS) is 19.7. The van der Waals surface area contributed by atoms with Crippen molar-refractivity contribution in [2.75, 3.05) is 0 Å². The molecular weight excluding hydrogens is 252 g/mol. The Kier molecular flexibility index (Phi) is 3.57. The fraction of sp³-hybridized carbons (Fsp3) is 0.500. The molecule has 0 bridgehead atoms. The highest BCUT2D eigenvalue weighted by Crippen LogP contribution is 2.43. The van der Waals surface area contributed by atoms with Crippen LogP contribution in [0.4, 0.5) is 0 Å². The summed E-state index contributed by atoms with van der Waals surface area (Å²) < 4.78 is 5.58. The monoisotopic (exact) mass is 272 g/mol. The van der Waals surface area contributed by atoms with Crippen LogP contribution in [0.2, 0.25) is 0 Å². The fourth-order valence-electron chi connectivity index (χ4n) is 3.20. The number of aryl methyl sites for hydroxylation is 1. The predicted molar refractivity (Wildman–Crippen MR) is 75.1 cm³/mol. The lowest BCUT2D eigenvalue weighted by Crippen LogP contribution is -2.38. The largest absolute Gasteiger partial charge is 0.422 e. The molecule has 1 saturated carbocycles. The highest BCUT2D eigenvalue weighted by atomic mass is 16.4. The van der Waals surface area contributed by atoms with Gasteiger partial charge in [0, 0.05) is 12.8 Å². The van der Waals surface area contributed by atoms with Crippen molar-refractivity contribution in [3.8, 4) is 0 Å². The second-order valence-electron chi connectivity index (χ2n) is 5.59. The van der Waals surface area contributed by atoms with E-state index in [1.54, 1.807) is 6.92 Å². The maximum atomic E-state index is 11.4. The first-order chi connectivity index (χ1) is 9.71. The topological polar surface area (TPSA) is 59.2 Å². The molecule has 3 rings (SSSR count). The van der Waals surface area contributed by atoms with Crippen molar-refractivity contribution < 1.29 is 9.52 Å². The van der Waals surface area contributed by atoms with E-state index >= 15 is 0 Å². The van der Waals surface area contributed by atoms with Crippen molar-refractivity contribution in [1.29, 1.82) is 0 Å². The third kappa shape index (κ3) is 2.24. The minimum Gasteiger partial charge on any atom is -0.422 e. The average molecular weight is 272 g/mol. The molecule has 1 fully saturated rings. The highest BCUT2D eigenvalue weighted by molar-refractivity contribution is 5.29. The average Bonchev–Trinajstić information content (AvgIpc) is 2.95. The van der Waals surface area contributed by atoms with Crippen LogP contribution in [0.15, 0.2) is 34.7 Å². The molecule has 1 aromatic heterocycles. The van der Waals surface area contributed by atoms with Gasteiger partial charge in [0.2, 0.25) is 5.89 Å². The Morgan fingerprint density at radius 1 is 1.10 bits per heavy atom. The van der Waals surface area contributed by atoms with Crippen LogP contribution in [0.3, 0.4) is 0 Å². The van der Waals surface area contributed by atoms with E-state index in [0.29, 0.717) is 11.8 Å². The van der Waals surface area contributed by atoms with Crippen LogP contribution in [0, 0.1) is 12.8 Å². The molecule has 1 heterocycles. The molecule has 0 spiro atoms. The molecular formula is C16H20N2O2. The first-order valence-electron chi connectivity index (χ1n) is 7.29. The molecule has 4 nitrogen and oxygen atoms in total. The molecule has 1 aliphatic rings. The smallest absolute Gasteiger partial charge is 0.252 e. The van der Waals surface area contributed by atoms with Crippen molar-refractivity contribution in [1.82, 2.24) is 10.2 Å². The predicted octanol–water partition coefficient (Wildman–Crippen LogP) is 3.19. The van der Waals surface area contributed by atoms with Crippen molar-refractivity contribution >= 4 is 0 Å². The summed E-state index contributed by atoms with van der Waals surface area (Å²) in [7, 11) is 0. The van der Waals surface area contributed by atoms with Crippen LogP contribution >= 0.6 is 0 Å². The van der Waals surface area contributed by atoms with E-state index in [1.165, 1.54) is 6.42 Å². The first-order valence-corrected chi connectivity index (χ1v) is 7.29. The van der Waals surface area contributed by atoms with E-state index in [9.17, 15) is 5.11 Å². The maximum Gasteiger partial charge on any atom is 0.252 e. The van der Waals surface area contributed by atoms with E-state index < -0.39 is 5.60 Å². The van der Waals surface area contributed by atoms with Gasteiger partial charge in [0.15, 0.2) is 5.60 Å². The van der Waals surface area contributed by atoms with Crippen LogP contribution in [0.5, 0.6) is 0 Å². The van der Waals surface area contributed by atoms with Crippen LogP contribution in [0.1, 0.15) is 49.4 Å². The number of hydrogen-bond donors (Lipinski definition) is 1. The summed E-state index contributed by atoms with van der Waals surface area (Å²) in [5, 5.41) is 19.4. The van der Waals surface area contributed by atoms with Gasteiger partial charge in [-0.15, -0.1) is 10.2 Å². The highest BCUT2D eigenvalue weighted by Gasteiger charge is 2.44. The van der Waals surface area contributed by atoms with Gasteiger partial charge in [-0.05, 0) is 18.4 Å². The number of aromatic nitrogens is 2. The van der Waals surface area contributed by atoms with Gasteiger partial charge in [0.25, 0.3) is 5.89 Å². The molecule has 20 heavy (non-hydrogen) atoms. The molecule has 0 amide bonds. The lowest BCUT2D eigenvalue weighted by molar-refractivity contribution is -0.0238. The molecule has 1 N–H and O–H groups in total. The van der Waals surface area contributed by atoms with E-state index in [1.807, 2.05) is 30.3 Å². The van der Waals surface area contributed by atoms with Crippen LogP contribution in [-0.4, -0.2) is 15.3 Å². The van der Waals surface area contributed by atoms with Crippen LogP contribution in [0.25, 0.3) is 0 Å². The summed E-state index contributed by atoms with van der Waals surface area (Å²) in [6.45, 7) is 1.75. The molecule has 2 aromatic rings. The number of nitrogens with zero attached hydrogens (tertiary/aromatic N) is 2. The van der Waals surface area contributed by atoms with Crippen LogP contribution < -0.4 is 0 Å². The summed E-state index contributed by atoms with van der Waals surface area (Å²) in [6.07, 6.45) is 5.52. The minimum absolute atomic E-state index is 0.137. The van der Waals surface area contributed by atoms with Gasteiger partial charge >= 0.3 is 0 Å². The summed E-state index contributed by atoms with van der Waals surface area (Å²) >= 11 is 0. The Balaban J connectivity index is 2.06. The van der Waals surface area contributed by atoms with Crippen LogP contribution in [-0.2, 0) is 5.60 Å². The van der Waals surface area contributed by atoms with Crippen molar-refractivity contribution in [2.24, 2.45) is 5.92 Å². The van der Waals surface area contributed by atoms with Crippen molar-refractivity contribution in [3.05, 3.63) is 47.7 Å². The Hall–Kier alpha value is -1.68. The molecule has 1 aromatic carbocycles. The van der Waals surface area contributed by atoms with Gasteiger partial charge < -0.3 is 9.52 Å². The van der Waals surface area contributed by atoms with E-state index in [2.05, 4.69) is 10.2 Å². The zero-order valence-corrected chi connectivity index (χ0v) is 11.7. The SMILES string of the molecule is Cc1nnc(C(O)(c2ccccc2)C2CCCCC2)o1. The van der Waals surface area contributed by atoms with E-state index in [4.69, 9.17) is 4.42 Å². The van der Waals surface area contributed by atoms with Gasteiger partial charge in [-0.25, -0.2) is 0 Å². The molecule has 4 heteroatoms. The minimum atomic E-state index is -1.16. The number of benzene rings is 1. The second-order valence-corrected chi connectivity index (χ2v) is 5.59. The summed E-state index contributed by atoms with van der Waals surface area (Å²) in [4.78, 5) is 0. The Morgan fingerprint density at radius 2 is 1.80 bits per heavy atom. The molecule has 1 unspecified atom stereocenters. The third-order valence-electron chi connectivity index (χ3n) is 4.26. The molecule has 0 saturated heterocycles. The fourth-order valence-corrected chi connectivity index (χ4v) is 3.20. The molecule has 0 radical (unpaired) electrons. The Bertz CT molecular complexity index is 561. The van der Waals surface area contributed by atoms with Gasteiger partial charge in [-0.3, -0.25) is 0 Å². The number of aliphatic hydroxyl groups is 1. The van der Waals surface area contributed by atoms with E-state index in [0.717, 1.165) is 31.2 Å². The van der Waals surface area contributed by atoms with Gasteiger partial charge in [-0.1, -0.05) is 49.6 Å². The van der Waals surface area contributed by atoms with Crippen molar-refractivity contribution in [3.63, 3.8) is 0 Å². The quantitative estimate of drug-likeness (QED) is 0.932. The zero-order valence-electron chi connectivity index (χ0n) is 11.7. The molecule has 1 aliphatic carbocycles. The van der Waals surface area contributed by atoms with Crippen molar-refractivity contribution in [2.45, 2.75) is 44.6 Å². The summed E-state index contributed by atoms with van der Waals surface area (Å²) in [6, 6.07) is 9.70. The summed E-state index contributed by atoms with van der Waals surface area (Å²) in [5.41, 5.74) is -0.321. The lowest BCUT2D eigenvalue weighted by Gasteiger charge is -2.36. The summed E-state index contributed by atoms with van der Waals surface area (Å²) in [5.74, 6) is 0.955. The maximum absolute atomic E-state index is 11.4. The zero-order chi connectivity index (χ0) is 14.0. The Labute approximate surface area is 118 Å². The van der Waals surface area contributed by atoms with Gasteiger partial charge in [0.05, 0.1) is 0 Å². The standard InChI is InChI=1S/C16H20N2O2/c1-12-17-18-15(20-12)16(19,13-8-4-2-5-9-13)14-10-6-3-7-11-14/h2,4-5,8-9,14,19H,3,6-7,10-11H2,1H3. The number of hydrogen-bond acceptors (Lipinski definition) is 4.